The first-order valence-corrected chi connectivity index (χ1v) is 7.86. The van der Waals surface area contributed by atoms with E-state index in [1.165, 1.54) is 31.0 Å². The van der Waals surface area contributed by atoms with Gasteiger partial charge in [0.15, 0.2) is 0 Å². The highest BCUT2D eigenvalue weighted by molar-refractivity contribution is 8.00. The Balaban J connectivity index is 1.94. The zero-order chi connectivity index (χ0) is 15.4. The molecule has 1 fully saturated rings. The lowest BCUT2D eigenvalue weighted by Gasteiger charge is -2.17. The van der Waals surface area contributed by atoms with Gasteiger partial charge in [-0.2, -0.15) is 0 Å². The van der Waals surface area contributed by atoms with Gasteiger partial charge in [0.1, 0.15) is 5.82 Å². The summed E-state index contributed by atoms with van der Waals surface area (Å²) in [7, 11) is 1.35. The fraction of sp³-hybridized carbons (Fsp3) is 0.429. The molecule has 0 spiro atoms. The van der Waals surface area contributed by atoms with Crippen LogP contribution in [0, 0.1) is 5.82 Å². The molecule has 1 heterocycles. The first-order valence-electron chi connectivity index (χ1n) is 6.44. The van der Waals surface area contributed by atoms with Crippen molar-refractivity contribution in [3.63, 3.8) is 0 Å². The first kappa shape index (κ1) is 16.1. The third-order valence-corrected chi connectivity index (χ3v) is 4.83. The standard InChI is InChI=1S/C14H15ClFNO3S/c1-20-13(18)8-21-10-4-5-17(7-10)14(19)11-3-2-9(16)6-12(11)15/h2-3,6,10H,4-5,7-8H2,1H3/t10-/m0/s1. The molecule has 21 heavy (non-hydrogen) atoms. The molecule has 7 heteroatoms. The highest BCUT2D eigenvalue weighted by Gasteiger charge is 2.28. The molecule has 4 nitrogen and oxygen atoms in total. The molecule has 0 radical (unpaired) electrons. The average molecular weight is 332 g/mol. The number of halogens is 2. The Morgan fingerprint density at radius 3 is 2.95 bits per heavy atom. The minimum absolute atomic E-state index is 0.116. The number of carbonyl (C=O) groups is 2. The fourth-order valence-corrected chi connectivity index (χ4v) is 3.42. The third kappa shape index (κ3) is 4.11. The van der Waals surface area contributed by atoms with E-state index in [4.69, 9.17) is 11.6 Å². The molecule has 1 aromatic rings. The minimum atomic E-state index is -0.468. The van der Waals surface area contributed by atoms with E-state index in [1.54, 1.807) is 4.90 Å². The summed E-state index contributed by atoms with van der Waals surface area (Å²) in [6.07, 6.45) is 0.812. The number of rotatable bonds is 4. The molecule has 0 aromatic heterocycles. The molecular formula is C14H15ClFNO3S. The lowest BCUT2D eigenvalue weighted by atomic mass is 10.2. The number of amides is 1. The molecular weight excluding hydrogens is 317 g/mol. The van der Waals surface area contributed by atoms with Gasteiger partial charge in [-0.3, -0.25) is 9.59 Å². The van der Waals surface area contributed by atoms with Crippen LogP contribution >= 0.6 is 23.4 Å². The normalized spacial score (nSPS) is 17.9. The molecule has 1 saturated heterocycles. The molecule has 114 valence electrons. The van der Waals surface area contributed by atoms with E-state index in [9.17, 15) is 14.0 Å². The predicted molar refractivity (Wildman–Crippen MR) is 80.2 cm³/mol. The Morgan fingerprint density at radius 1 is 1.52 bits per heavy atom. The summed E-state index contributed by atoms with van der Waals surface area (Å²) in [4.78, 5) is 25.1. The average Bonchev–Trinajstić information content (AvgIpc) is 2.93. The Bertz CT molecular complexity index is 555. The van der Waals surface area contributed by atoms with Gasteiger partial charge in [-0.15, -0.1) is 11.8 Å². The quantitative estimate of drug-likeness (QED) is 0.796. The van der Waals surface area contributed by atoms with Crippen LogP contribution in [0.25, 0.3) is 0 Å². The number of carbonyl (C=O) groups excluding carboxylic acids is 2. The van der Waals surface area contributed by atoms with Gasteiger partial charge in [0.25, 0.3) is 5.91 Å². The van der Waals surface area contributed by atoms with Crippen molar-refractivity contribution in [1.29, 1.82) is 0 Å². The Morgan fingerprint density at radius 2 is 2.29 bits per heavy atom. The lowest BCUT2D eigenvalue weighted by molar-refractivity contribution is -0.137. The van der Waals surface area contributed by atoms with Crippen molar-refractivity contribution in [2.45, 2.75) is 11.7 Å². The summed E-state index contributed by atoms with van der Waals surface area (Å²) in [5.41, 5.74) is 0.302. The molecule has 0 N–H and O–H groups in total. The second-order valence-electron chi connectivity index (χ2n) is 4.67. The van der Waals surface area contributed by atoms with E-state index >= 15 is 0 Å². The zero-order valence-electron chi connectivity index (χ0n) is 11.5. The molecule has 1 aliphatic heterocycles. The summed E-state index contributed by atoms with van der Waals surface area (Å²) < 4.78 is 17.6. The fourth-order valence-electron chi connectivity index (χ4n) is 2.13. The summed E-state index contributed by atoms with van der Waals surface area (Å²) in [5, 5.41) is 0.318. The SMILES string of the molecule is COC(=O)CS[C@H]1CCN(C(=O)c2ccc(F)cc2Cl)C1. The number of ether oxygens (including phenoxy) is 1. The monoisotopic (exact) mass is 331 g/mol. The van der Waals surface area contributed by atoms with E-state index in [-0.39, 0.29) is 27.9 Å². The van der Waals surface area contributed by atoms with Crippen LogP contribution in [0.3, 0.4) is 0 Å². The van der Waals surface area contributed by atoms with Gasteiger partial charge in [-0.25, -0.2) is 4.39 Å². The molecule has 1 aromatic carbocycles. The van der Waals surface area contributed by atoms with Crippen molar-refractivity contribution >= 4 is 35.2 Å². The van der Waals surface area contributed by atoms with Gasteiger partial charge in [-0.1, -0.05) is 11.6 Å². The predicted octanol–water partition coefficient (Wildman–Crippen LogP) is 2.60. The number of thioether (sulfide) groups is 1. The van der Waals surface area contributed by atoms with Crippen molar-refractivity contribution in [2.75, 3.05) is 26.0 Å². The second-order valence-corrected chi connectivity index (χ2v) is 6.37. The Hall–Kier alpha value is -1.27. The van der Waals surface area contributed by atoms with Crippen LogP contribution in [0.1, 0.15) is 16.8 Å². The summed E-state index contributed by atoms with van der Waals surface area (Å²) in [5.74, 6) is -0.669. The van der Waals surface area contributed by atoms with Crippen LogP contribution in [0.4, 0.5) is 4.39 Å². The van der Waals surface area contributed by atoms with Crippen molar-refractivity contribution in [1.82, 2.24) is 4.90 Å². The number of esters is 1. The number of likely N-dealkylation sites (tertiary alicyclic amines) is 1. The largest absolute Gasteiger partial charge is 0.468 e. The summed E-state index contributed by atoms with van der Waals surface area (Å²) in [6, 6.07) is 3.75. The van der Waals surface area contributed by atoms with E-state index in [0.717, 1.165) is 12.5 Å². The van der Waals surface area contributed by atoms with Crippen molar-refractivity contribution < 1.29 is 18.7 Å². The van der Waals surface area contributed by atoms with Crippen molar-refractivity contribution in [3.8, 4) is 0 Å². The molecule has 0 unspecified atom stereocenters. The van der Waals surface area contributed by atoms with Crippen LogP contribution in [0.15, 0.2) is 18.2 Å². The smallest absolute Gasteiger partial charge is 0.315 e. The van der Waals surface area contributed by atoms with E-state index < -0.39 is 5.82 Å². The lowest BCUT2D eigenvalue weighted by Crippen LogP contribution is -2.29. The van der Waals surface area contributed by atoms with Crippen molar-refractivity contribution in [2.24, 2.45) is 0 Å². The first-order chi connectivity index (χ1) is 10.0. The van der Waals surface area contributed by atoms with Gasteiger partial charge in [0.2, 0.25) is 0 Å². The number of methoxy groups -OCH3 is 1. The molecule has 1 aliphatic rings. The molecule has 1 atom stereocenters. The maximum absolute atomic E-state index is 13.0. The van der Waals surface area contributed by atoms with Crippen LogP contribution in [-0.2, 0) is 9.53 Å². The second kappa shape index (κ2) is 7.13. The van der Waals surface area contributed by atoms with Crippen LogP contribution in [0.5, 0.6) is 0 Å². The maximum atomic E-state index is 13.0. The van der Waals surface area contributed by atoms with Crippen LogP contribution in [0.2, 0.25) is 5.02 Å². The molecule has 0 aliphatic carbocycles. The van der Waals surface area contributed by atoms with Crippen LogP contribution < -0.4 is 0 Å². The molecule has 2 rings (SSSR count). The molecule has 0 saturated carbocycles. The molecule has 1 amide bonds. The van der Waals surface area contributed by atoms with Gasteiger partial charge >= 0.3 is 5.97 Å². The van der Waals surface area contributed by atoms with Gasteiger partial charge in [0.05, 0.1) is 23.4 Å². The van der Waals surface area contributed by atoms with E-state index in [0.29, 0.717) is 18.7 Å². The highest BCUT2D eigenvalue weighted by atomic mass is 35.5. The topological polar surface area (TPSA) is 46.6 Å². The number of hydrogen-bond donors (Lipinski definition) is 0. The third-order valence-electron chi connectivity index (χ3n) is 3.26. The summed E-state index contributed by atoms with van der Waals surface area (Å²) >= 11 is 7.39. The summed E-state index contributed by atoms with van der Waals surface area (Å²) in [6.45, 7) is 1.15. The van der Waals surface area contributed by atoms with Gasteiger partial charge in [0, 0.05) is 18.3 Å². The number of benzene rings is 1. The zero-order valence-corrected chi connectivity index (χ0v) is 13.0. The van der Waals surface area contributed by atoms with E-state index in [2.05, 4.69) is 4.74 Å². The van der Waals surface area contributed by atoms with Crippen LogP contribution in [-0.4, -0.2) is 48.0 Å². The number of nitrogens with zero attached hydrogens (tertiary/aromatic N) is 1. The minimum Gasteiger partial charge on any atom is -0.468 e. The highest BCUT2D eigenvalue weighted by Crippen LogP contribution is 2.26. The number of hydrogen-bond acceptors (Lipinski definition) is 4. The van der Waals surface area contributed by atoms with E-state index in [1.807, 2.05) is 0 Å². The maximum Gasteiger partial charge on any atom is 0.315 e. The Kier molecular flexibility index (Phi) is 5.47. The Labute approximate surface area is 131 Å². The molecule has 0 bridgehead atoms. The van der Waals surface area contributed by atoms with Crippen molar-refractivity contribution in [3.05, 3.63) is 34.6 Å². The van der Waals surface area contributed by atoms with Gasteiger partial charge in [-0.05, 0) is 24.6 Å². The van der Waals surface area contributed by atoms with Gasteiger partial charge < -0.3 is 9.64 Å².